The molecule has 0 aliphatic heterocycles. The average Bonchev–Trinajstić information content (AvgIpc) is 2.69. The Balaban J connectivity index is 1.71. The van der Waals surface area contributed by atoms with Gasteiger partial charge in [-0.2, -0.15) is 0 Å². The number of sulfonamides is 1. The molecule has 1 amide bonds. The highest BCUT2D eigenvalue weighted by Crippen LogP contribution is 2.28. The zero-order chi connectivity index (χ0) is 21.5. The first-order chi connectivity index (χ1) is 13.6. The van der Waals surface area contributed by atoms with Crippen LogP contribution in [-0.4, -0.2) is 32.2 Å². The molecule has 0 radical (unpaired) electrons. The minimum Gasteiger partial charge on any atom is -0.352 e. The number of hydrogen-bond donors (Lipinski definition) is 2. The van der Waals surface area contributed by atoms with Gasteiger partial charge in [-0.15, -0.1) is 0 Å². The van der Waals surface area contributed by atoms with Gasteiger partial charge in [-0.25, -0.2) is 13.1 Å². The number of amides is 1. The summed E-state index contributed by atoms with van der Waals surface area (Å²) in [4.78, 5) is 12.4. The summed E-state index contributed by atoms with van der Waals surface area (Å²) in [6, 6.07) is 7.93. The summed E-state index contributed by atoms with van der Waals surface area (Å²) in [5.74, 6) is 0.847. The predicted molar refractivity (Wildman–Crippen MR) is 120 cm³/mol. The minimum atomic E-state index is -3.28. The minimum absolute atomic E-state index is 0.00731. The molecule has 1 aromatic carbocycles. The molecule has 2 N–H and O–H groups in total. The van der Waals surface area contributed by atoms with Gasteiger partial charge in [-0.05, 0) is 88.8 Å². The first kappa shape index (κ1) is 23.9. The third kappa shape index (κ3) is 7.41. The molecule has 1 aromatic rings. The van der Waals surface area contributed by atoms with Crippen LogP contribution in [0.25, 0.3) is 0 Å². The maximum absolute atomic E-state index is 12.4. The standard InChI is InChI=1S/C23H38N2O3S/c1-5-6-7-18-12-14-21(15-13-18)22(26)24-16-19-8-10-20(11-9-19)17-25-29(27,28)23(2,3)4/h12-15,19-20,25H,5-11,16-17H2,1-4H3,(H,24,26). The van der Waals surface area contributed by atoms with E-state index in [2.05, 4.69) is 29.1 Å². The number of hydrogen-bond acceptors (Lipinski definition) is 3. The monoisotopic (exact) mass is 422 g/mol. The smallest absolute Gasteiger partial charge is 0.251 e. The van der Waals surface area contributed by atoms with Gasteiger partial charge in [0.15, 0.2) is 0 Å². The first-order valence-electron chi connectivity index (χ1n) is 11.0. The number of aryl methyl sites for hydroxylation is 1. The number of rotatable bonds is 9. The van der Waals surface area contributed by atoms with Crippen molar-refractivity contribution in [3.05, 3.63) is 35.4 Å². The van der Waals surface area contributed by atoms with E-state index in [1.54, 1.807) is 20.8 Å². The van der Waals surface area contributed by atoms with Crippen LogP contribution in [0.15, 0.2) is 24.3 Å². The quantitative estimate of drug-likeness (QED) is 0.623. The average molecular weight is 423 g/mol. The van der Waals surface area contributed by atoms with Gasteiger partial charge in [0.05, 0.1) is 4.75 Å². The predicted octanol–water partition coefficient (Wildman–Crippen LogP) is 4.28. The van der Waals surface area contributed by atoms with Crippen LogP contribution in [0, 0.1) is 11.8 Å². The maximum Gasteiger partial charge on any atom is 0.251 e. The van der Waals surface area contributed by atoms with E-state index in [4.69, 9.17) is 0 Å². The molecule has 29 heavy (non-hydrogen) atoms. The number of benzene rings is 1. The van der Waals surface area contributed by atoms with E-state index in [0.29, 0.717) is 24.9 Å². The van der Waals surface area contributed by atoms with Crippen LogP contribution < -0.4 is 10.0 Å². The van der Waals surface area contributed by atoms with Gasteiger partial charge in [-0.3, -0.25) is 4.79 Å². The Hall–Kier alpha value is -1.40. The molecule has 0 aromatic heterocycles. The Morgan fingerprint density at radius 3 is 2.07 bits per heavy atom. The van der Waals surface area contributed by atoms with Crippen LogP contribution in [0.5, 0.6) is 0 Å². The normalized spacial score (nSPS) is 20.4. The van der Waals surface area contributed by atoms with Crippen LogP contribution in [0.1, 0.15) is 82.1 Å². The zero-order valence-electron chi connectivity index (χ0n) is 18.5. The summed E-state index contributed by atoms with van der Waals surface area (Å²) < 4.78 is 26.4. The fourth-order valence-electron chi connectivity index (χ4n) is 3.63. The van der Waals surface area contributed by atoms with Crippen LogP contribution in [0.3, 0.4) is 0 Å². The maximum atomic E-state index is 12.4. The zero-order valence-corrected chi connectivity index (χ0v) is 19.3. The van der Waals surface area contributed by atoms with Gasteiger partial charge in [0.2, 0.25) is 10.0 Å². The van der Waals surface area contributed by atoms with Gasteiger partial charge >= 0.3 is 0 Å². The number of unbranched alkanes of at least 4 members (excludes halogenated alkanes) is 1. The second-order valence-electron chi connectivity index (χ2n) is 9.36. The van der Waals surface area contributed by atoms with E-state index < -0.39 is 14.8 Å². The lowest BCUT2D eigenvalue weighted by atomic mass is 9.82. The third-order valence-electron chi connectivity index (χ3n) is 5.92. The fraction of sp³-hybridized carbons (Fsp3) is 0.696. The summed E-state index contributed by atoms with van der Waals surface area (Å²) in [6.07, 6.45) is 7.46. The molecule has 0 heterocycles. The van der Waals surface area contributed by atoms with Crippen LogP contribution in [0.4, 0.5) is 0 Å². The molecule has 1 aliphatic carbocycles. The van der Waals surface area contributed by atoms with Crippen molar-refractivity contribution < 1.29 is 13.2 Å². The highest BCUT2D eigenvalue weighted by molar-refractivity contribution is 7.90. The summed E-state index contributed by atoms with van der Waals surface area (Å²) in [7, 11) is -3.28. The van der Waals surface area contributed by atoms with Crippen LogP contribution >= 0.6 is 0 Å². The van der Waals surface area contributed by atoms with Gasteiger partial charge in [0.1, 0.15) is 0 Å². The molecule has 1 saturated carbocycles. The topological polar surface area (TPSA) is 75.3 Å². The molecule has 6 heteroatoms. The number of carbonyl (C=O) groups excluding carboxylic acids is 1. The Kier molecular flexibility index (Phi) is 8.71. The molecule has 1 aliphatic rings. The van der Waals surface area contributed by atoms with Gasteiger partial charge in [0.25, 0.3) is 5.91 Å². The van der Waals surface area contributed by atoms with Crippen LogP contribution in [-0.2, 0) is 16.4 Å². The molecule has 0 spiro atoms. The lowest BCUT2D eigenvalue weighted by Crippen LogP contribution is -2.42. The van der Waals surface area contributed by atoms with E-state index in [-0.39, 0.29) is 5.91 Å². The Labute approximate surface area is 177 Å². The fourth-order valence-corrected chi connectivity index (χ4v) is 4.51. The number of carbonyl (C=O) groups is 1. The van der Waals surface area contributed by atoms with Gasteiger partial charge in [-0.1, -0.05) is 25.5 Å². The van der Waals surface area contributed by atoms with Crippen molar-refractivity contribution in [3.63, 3.8) is 0 Å². The molecule has 164 valence electrons. The Bertz CT molecular complexity index is 743. The van der Waals surface area contributed by atoms with Crippen molar-refractivity contribution in [3.8, 4) is 0 Å². The van der Waals surface area contributed by atoms with E-state index >= 15 is 0 Å². The molecule has 0 unspecified atom stereocenters. The summed E-state index contributed by atoms with van der Waals surface area (Å²) in [5.41, 5.74) is 2.00. The van der Waals surface area contributed by atoms with Crippen LogP contribution in [0.2, 0.25) is 0 Å². The lowest BCUT2D eigenvalue weighted by molar-refractivity contribution is 0.0941. The molecule has 1 fully saturated rings. The SMILES string of the molecule is CCCCc1ccc(C(=O)NCC2CCC(CNS(=O)(=O)C(C)(C)C)CC2)cc1. The Morgan fingerprint density at radius 1 is 1.00 bits per heavy atom. The lowest BCUT2D eigenvalue weighted by Gasteiger charge is -2.29. The molecular formula is C23H38N2O3S. The van der Waals surface area contributed by atoms with E-state index in [9.17, 15) is 13.2 Å². The molecule has 0 bridgehead atoms. The van der Waals surface area contributed by atoms with Crippen molar-refractivity contribution in [1.29, 1.82) is 0 Å². The molecule has 0 saturated heterocycles. The first-order valence-corrected chi connectivity index (χ1v) is 12.5. The van der Waals surface area contributed by atoms with Gasteiger partial charge in [0, 0.05) is 18.7 Å². The molecular weight excluding hydrogens is 384 g/mol. The second-order valence-corrected chi connectivity index (χ2v) is 11.9. The molecule has 2 rings (SSSR count). The highest BCUT2D eigenvalue weighted by atomic mass is 32.2. The number of nitrogens with one attached hydrogen (secondary N) is 2. The van der Waals surface area contributed by atoms with Crippen molar-refractivity contribution in [1.82, 2.24) is 10.0 Å². The summed E-state index contributed by atoms with van der Waals surface area (Å²) in [5, 5.41) is 3.07. The van der Waals surface area contributed by atoms with Crippen molar-refractivity contribution in [2.45, 2.75) is 77.4 Å². The van der Waals surface area contributed by atoms with Gasteiger partial charge < -0.3 is 5.32 Å². The largest absolute Gasteiger partial charge is 0.352 e. The summed E-state index contributed by atoms with van der Waals surface area (Å²) in [6.45, 7) is 8.54. The van der Waals surface area contributed by atoms with Crippen molar-refractivity contribution >= 4 is 15.9 Å². The molecule has 5 nitrogen and oxygen atoms in total. The second kappa shape index (κ2) is 10.6. The van der Waals surface area contributed by atoms with E-state index in [1.807, 2.05) is 12.1 Å². The van der Waals surface area contributed by atoms with E-state index in [1.165, 1.54) is 18.4 Å². The third-order valence-corrected chi connectivity index (χ3v) is 8.08. The summed E-state index contributed by atoms with van der Waals surface area (Å²) >= 11 is 0. The molecule has 0 atom stereocenters. The van der Waals surface area contributed by atoms with E-state index in [0.717, 1.165) is 37.7 Å². The van der Waals surface area contributed by atoms with Crippen molar-refractivity contribution in [2.75, 3.05) is 13.1 Å². The highest BCUT2D eigenvalue weighted by Gasteiger charge is 2.30. The van der Waals surface area contributed by atoms with Crippen molar-refractivity contribution in [2.24, 2.45) is 11.8 Å². The Morgan fingerprint density at radius 2 is 1.55 bits per heavy atom.